The second-order valence-electron chi connectivity index (χ2n) is 5.23. The fraction of sp³-hybridized carbons (Fsp3) is 0.312. The lowest BCUT2D eigenvalue weighted by Gasteiger charge is -2.11. The van der Waals surface area contributed by atoms with Gasteiger partial charge in [0.25, 0.3) is 11.1 Å². The van der Waals surface area contributed by atoms with Crippen molar-refractivity contribution in [3.8, 4) is 11.5 Å². The maximum absolute atomic E-state index is 12.3. The van der Waals surface area contributed by atoms with Crippen LogP contribution in [-0.4, -0.2) is 41.8 Å². The third kappa shape index (κ3) is 3.38. The van der Waals surface area contributed by atoms with Crippen molar-refractivity contribution < 1.29 is 23.9 Å². The lowest BCUT2D eigenvalue weighted by Crippen LogP contribution is -2.39. The summed E-state index contributed by atoms with van der Waals surface area (Å²) in [7, 11) is 0. The Balaban J connectivity index is 1.72. The van der Waals surface area contributed by atoms with E-state index < -0.39 is 11.1 Å². The van der Waals surface area contributed by atoms with E-state index in [2.05, 4.69) is 5.32 Å². The molecule has 0 unspecified atom stereocenters. The molecule has 2 aliphatic heterocycles. The van der Waals surface area contributed by atoms with Crippen molar-refractivity contribution in [2.45, 2.75) is 13.3 Å². The number of amides is 3. The lowest BCUT2D eigenvalue weighted by molar-refractivity contribution is -0.129. The van der Waals surface area contributed by atoms with Gasteiger partial charge in [0, 0.05) is 6.54 Å². The summed E-state index contributed by atoms with van der Waals surface area (Å²) in [6.45, 7) is 2.35. The second-order valence-corrected chi connectivity index (χ2v) is 6.22. The predicted molar refractivity (Wildman–Crippen MR) is 88.5 cm³/mol. The van der Waals surface area contributed by atoms with Crippen molar-refractivity contribution >= 4 is 34.9 Å². The monoisotopic (exact) mass is 348 g/mol. The van der Waals surface area contributed by atoms with Gasteiger partial charge < -0.3 is 14.8 Å². The van der Waals surface area contributed by atoms with Gasteiger partial charge in [0.15, 0.2) is 11.5 Å². The van der Waals surface area contributed by atoms with Crippen LogP contribution in [0.2, 0.25) is 0 Å². The highest BCUT2D eigenvalue weighted by Crippen LogP contribution is 2.36. The number of hydrogen-bond acceptors (Lipinski definition) is 6. The van der Waals surface area contributed by atoms with Crippen molar-refractivity contribution in [2.75, 3.05) is 19.9 Å². The number of fused-ring (bicyclic) bond motifs is 1. The zero-order valence-corrected chi connectivity index (χ0v) is 13.9. The van der Waals surface area contributed by atoms with Crippen LogP contribution in [-0.2, 0) is 9.59 Å². The van der Waals surface area contributed by atoms with Crippen LogP contribution in [0.1, 0.15) is 18.9 Å². The van der Waals surface area contributed by atoms with Crippen LogP contribution in [0.15, 0.2) is 23.1 Å². The van der Waals surface area contributed by atoms with Gasteiger partial charge in [0.05, 0.1) is 4.91 Å². The summed E-state index contributed by atoms with van der Waals surface area (Å²) in [5, 5.41) is 2.20. The van der Waals surface area contributed by atoms with Gasteiger partial charge in [-0.2, -0.15) is 0 Å². The molecule has 0 atom stereocenters. The lowest BCUT2D eigenvalue weighted by atomic mass is 10.2. The quantitative estimate of drug-likeness (QED) is 0.819. The van der Waals surface area contributed by atoms with Crippen LogP contribution in [0.5, 0.6) is 11.5 Å². The Kier molecular flexibility index (Phi) is 4.75. The molecule has 24 heavy (non-hydrogen) atoms. The number of carbonyl (C=O) groups excluding carboxylic acids is 3. The minimum atomic E-state index is -0.464. The largest absolute Gasteiger partial charge is 0.454 e. The summed E-state index contributed by atoms with van der Waals surface area (Å²) >= 11 is 0.822. The Morgan fingerprint density at radius 1 is 1.33 bits per heavy atom. The molecule has 3 rings (SSSR count). The molecule has 0 saturated carbocycles. The minimum Gasteiger partial charge on any atom is -0.454 e. The summed E-state index contributed by atoms with van der Waals surface area (Å²) in [6.07, 6.45) is 2.40. The van der Waals surface area contributed by atoms with E-state index in [1.807, 2.05) is 6.92 Å². The highest BCUT2D eigenvalue weighted by molar-refractivity contribution is 8.18. The summed E-state index contributed by atoms with van der Waals surface area (Å²) in [6, 6.07) is 5.26. The number of carbonyl (C=O) groups is 3. The average Bonchev–Trinajstić information content (AvgIpc) is 3.13. The topological polar surface area (TPSA) is 84.9 Å². The summed E-state index contributed by atoms with van der Waals surface area (Å²) < 4.78 is 10.5. The molecule has 1 fully saturated rings. The third-order valence-electron chi connectivity index (χ3n) is 3.44. The zero-order valence-electron chi connectivity index (χ0n) is 13.0. The first-order valence-corrected chi connectivity index (χ1v) is 8.32. The van der Waals surface area contributed by atoms with Gasteiger partial charge in [-0.3, -0.25) is 19.3 Å². The van der Waals surface area contributed by atoms with Crippen molar-refractivity contribution in [1.82, 2.24) is 10.2 Å². The number of rotatable bonds is 5. The van der Waals surface area contributed by atoms with Crippen molar-refractivity contribution in [2.24, 2.45) is 0 Å². The number of nitrogens with zero attached hydrogens (tertiary/aromatic N) is 1. The van der Waals surface area contributed by atoms with Crippen LogP contribution in [0.4, 0.5) is 4.79 Å². The normalized spacial score (nSPS) is 17.7. The smallest absolute Gasteiger partial charge is 0.294 e. The van der Waals surface area contributed by atoms with E-state index in [9.17, 15) is 14.4 Å². The van der Waals surface area contributed by atoms with Crippen LogP contribution < -0.4 is 14.8 Å². The Morgan fingerprint density at radius 3 is 2.92 bits per heavy atom. The molecule has 126 valence electrons. The van der Waals surface area contributed by atoms with Gasteiger partial charge >= 0.3 is 0 Å². The zero-order chi connectivity index (χ0) is 17.1. The molecule has 1 aromatic carbocycles. The summed E-state index contributed by atoms with van der Waals surface area (Å²) in [4.78, 5) is 37.3. The maximum Gasteiger partial charge on any atom is 0.294 e. The first-order valence-electron chi connectivity index (χ1n) is 7.50. The van der Waals surface area contributed by atoms with Gasteiger partial charge in [-0.05, 0) is 42.0 Å². The van der Waals surface area contributed by atoms with Crippen LogP contribution in [0.25, 0.3) is 6.08 Å². The molecular weight excluding hydrogens is 332 g/mol. The summed E-state index contributed by atoms with van der Waals surface area (Å²) in [5.74, 6) is 0.438. The first kappa shape index (κ1) is 16.4. The van der Waals surface area contributed by atoms with Crippen LogP contribution in [0.3, 0.4) is 0 Å². The van der Waals surface area contributed by atoms with E-state index in [4.69, 9.17) is 9.47 Å². The number of imide groups is 1. The molecular formula is C16H16N2O5S. The SMILES string of the molecule is CCCNC(=O)CN1C(=O)S/C(=C\c2ccc3c(c2)OCO3)C1=O. The van der Waals surface area contributed by atoms with E-state index in [-0.39, 0.29) is 24.2 Å². The van der Waals surface area contributed by atoms with Crippen molar-refractivity contribution in [3.05, 3.63) is 28.7 Å². The van der Waals surface area contributed by atoms with Crippen LogP contribution in [0, 0.1) is 0 Å². The van der Waals surface area contributed by atoms with Gasteiger partial charge in [-0.25, -0.2) is 0 Å². The molecule has 2 heterocycles. The molecule has 2 aliphatic rings. The van der Waals surface area contributed by atoms with Crippen molar-refractivity contribution in [1.29, 1.82) is 0 Å². The van der Waals surface area contributed by atoms with Gasteiger partial charge in [-0.1, -0.05) is 13.0 Å². The molecule has 0 aromatic heterocycles. The predicted octanol–water partition coefficient (Wildman–Crippen LogP) is 1.98. The first-order chi connectivity index (χ1) is 11.6. The molecule has 0 bridgehead atoms. The van der Waals surface area contributed by atoms with Gasteiger partial charge in [0.2, 0.25) is 12.7 Å². The minimum absolute atomic E-state index is 0.169. The molecule has 0 radical (unpaired) electrons. The fourth-order valence-electron chi connectivity index (χ4n) is 2.25. The van der Waals surface area contributed by atoms with Gasteiger partial charge in [0.1, 0.15) is 6.54 Å². The van der Waals surface area contributed by atoms with E-state index in [0.717, 1.165) is 28.6 Å². The van der Waals surface area contributed by atoms with Crippen LogP contribution >= 0.6 is 11.8 Å². The van der Waals surface area contributed by atoms with E-state index in [1.54, 1.807) is 24.3 Å². The highest BCUT2D eigenvalue weighted by atomic mass is 32.2. The average molecular weight is 348 g/mol. The van der Waals surface area contributed by atoms with E-state index in [0.29, 0.717) is 18.0 Å². The van der Waals surface area contributed by atoms with E-state index >= 15 is 0 Å². The molecule has 1 aromatic rings. The molecule has 8 heteroatoms. The number of thioether (sulfide) groups is 1. The third-order valence-corrected chi connectivity index (χ3v) is 4.35. The Labute approximate surface area is 143 Å². The molecule has 0 aliphatic carbocycles. The number of nitrogens with one attached hydrogen (secondary N) is 1. The maximum atomic E-state index is 12.3. The molecule has 1 saturated heterocycles. The molecule has 0 spiro atoms. The van der Waals surface area contributed by atoms with E-state index in [1.165, 1.54) is 0 Å². The number of benzene rings is 1. The molecule has 1 N–H and O–H groups in total. The molecule has 3 amide bonds. The fourth-order valence-corrected chi connectivity index (χ4v) is 3.09. The number of hydrogen-bond donors (Lipinski definition) is 1. The summed E-state index contributed by atoms with van der Waals surface area (Å²) in [5.41, 5.74) is 0.722. The van der Waals surface area contributed by atoms with Crippen molar-refractivity contribution in [3.63, 3.8) is 0 Å². The molecule has 7 nitrogen and oxygen atoms in total. The Hall–Kier alpha value is -2.48. The Morgan fingerprint density at radius 2 is 2.12 bits per heavy atom. The number of ether oxygens (including phenoxy) is 2. The standard InChI is InChI=1S/C16H16N2O5S/c1-2-5-17-14(19)8-18-15(20)13(24-16(18)21)7-10-3-4-11-12(6-10)23-9-22-11/h3-4,6-7H,2,5,8-9H2,1H3,(H,17,19)/b13-7-. The second kappa shape index (κ2) is 6.96. The highest BCUT2D eigenvalue weighted by Gasteiger charge is 2.36. The van der Waals surface area contributed by atoms with Gasteiger partial charge in [-0.15, -0.1) is 0 Å². The Bertz CT molecular complexity index is 731.